The predicted molar refractivity (Wildman–Crippen MR) is 183 cm³/mol. The molecule has 0 aliphatic carbocycles. The highest BCUT2D eigenvalue weighted by molar-refractivity contribution is 5.87. The molecular weight excluding hydrogens is 630 g/mol. The number of ketones is 1. The summed E-state index contributed by atoms with van der Waals surface area (Å²) in [6.45, 7) is 12.9. The largest absolute Gasteiger partial charge is 0.493 e. The van der Waals surface area contributed by atoms with Crippen LogP contribution in [0.4, 0.5) is 9.59 Å². The van der Waals surface area contributed by atoms with Gasteiger partial charge in [0.1, 0.15) is 23.5 Å². The van der Waals surface area contributed by atoms with Crippen molar-refractivity contribution in [2.75, 3.05) is 26.9 Å². The minimum Gasteiger partial charge on any atom is -0.493 e. The zero-order chi connectivity index (χ0) is 35.9. The van der Waals surface area contributed by atoms with E-state index in [9.17, 15) is 19.2 Å². The third-order valence-corrected chi connectivity index (χ3v) is 7.80. The molecule has 4 rings (SSSR count). The van der Waals surface area contributed by atoms with Gasteiger partial charge < -0.3 is 29.0 Å². The predicted octanol–water partition coefficient (Wildman–Crippen LogP) is 6.33. The molecule has 12 nitrogen and oxygen atoms in total. The van der Waals surface area contributed by atoms with E-state index in [-0.39, 0.29) is 32.0 Å². The number of esters is 1. The summed E-state index contributed by atoms with van der Waals surface area (Å²) in [4.78, 5) is 56.1. The van der Waals surface area contributed by atoms with E-state index >= 15 is 0 Å². The highest BCUT2D eigenvalue weighted by Crippen LogP contribution is 2.36. The maximum absolute atomic E-state index is 13.0. The highest BCUT2D eigenvalue weighted by atomic mass is 16.6. The number of nitrogens with one attached hydrogen (secondary N) is 1. The van der Waals surface area contributed by atoms with Crippen LogP contribution < -0.4 is 14.8 Å². The fraction of sp³-hybridized carbons (Fsp3) is 0.486. The minimum absolute atomic E-state index is 0.109. The molecule has 49 heavy (non-hydrogen) atoms. The third kappa shape index (κ3) is 10.1. The topological polar surface area (TPSA) is 143 Å². The van der Waals surface area contributed by atoms with Crippen LogP contribution in [-0.4, -0.2) is 84.5 Å². The SMILES string of the molecule is COC(=O)C1CC(Oc2nc3ccccc3cc2-c2cccc(OCCCOC(=O)NC(C(C)=O)C(C)(C)C)c2)CN1C(=O)OC(C)(C)C. The van der Waals surface area contributed by atoms with Gasteiger partial charge >= 0.3 is 18.2 Å². The lowest BCUT2D eigenvalue weighted by Gasteiger charge is -2.28. The van der Waals surface area contributed by atoms with Gasteiger partial charge in [0.25, 0.3) is 0 Å². The number of carbonyl (C=O) groups is 4. The van der Waals surface area contributed by atoms with Gasteiger partial charge in [-0.25, -0.2) is 19.4 Å². The average molecular weight is 678 g/mol. The summed E-state index contributed by atoms with van der Waals surface area (Å²) in [5, 5.41) is 3.55. The lowest BCUT2D eigenvalue weighted by atomic mass is 9.85. The number of hydrogen-bond acceptors (Lipinski definition) is 10. The highest BCUT2D eigenvalue weighted by Gasteiger charge is 2.43. The van der Waals surface area contributed by atoms with Gasteiger partial charge in [-0.15, -0.1) is 0 Å². The lowest BCUT2D eigenvalue weighted by molar-refractivity contribution is -0.145. The van der Waals surface area contributed by atoms with E-state index in [1.807, 2.05) is 75.4 Å². The van der Waals surface area contributed by atoms with Crippen molar-refractivity contribution in [3.05, 3.63) is 54.6 Å². The number of Topliss-reactive ketones (excluding diaryl/α,β-unsaturated/α-hetero) is 1. The summed E-state index contributed by atoms with van der Waals surface area (Å²) < 4.78 is 28.3. The van der Waals surface area contributed by atoms with E-state index in [4.69, 9.17) is 28.7 Å². The lowest BCUT2D eigenvalue weighted by Crippen LogP contribution is -2.48. The normalized spacial score (nSPS) is 16.9. The average Bonchev–Trinajstić information content (AvgIpc) is 3.45. The number of fused-ring (bicyclic) bond motifs is 1. The van der Waals surface area contributed by atoms with Gasteiger partial charge in [0.05, 0.1) is 38.4 Å². The van der Waals surface area contributed by atoms with E-state index in [0.717, 1.165) is 16.5 Å². The quantitative estimate of drug-likeness (QED) is 0.139. The molecular formula is C37H47N3O9. The first-order chi connectivity index (χ1) is 23.1. The Kier molecular flexibility index (Phi) is 11.7. The molecule has 1 N–H and O–H groups in total. The zero-order valence-electron chi connectivity index (χ0n) is 29.5. The monoisotopic (exact) mass is 677 g/mol. The van der Waals surface area contributed by atoms with Crippen LogP contribution in [0.5, 0.6) is 11.6 Å². The van der Waals surface area contributed by atoms with E-state index in [1.54, 1.807) is 20.8 Å². The minimum atomic E-state index is -0.866. The molecule has 2 heterocycles. The van der Waals surface area contributed by atoms with Crippen LogP contribution in [0, 0.1) is 5.41 Å². The number of carbonyl (C=O) groups excluding carboxylic acids is 4. The van der Waals surface area contributed by atoms with Gasteiger partial charge in [-0.3, -0.25) is 9.69 Å². The molecule has 1 saturated heterocycles. The molecule has 12 heteroatoms. The molecule has 1 aliphatic rings. The number of ether oxygens (including phenoxy) is 5. The first kappa shape index (κ1) is 37.0. The number of nitrogens with zero attached hydrogens (tertiary/aromatic N) is 2. The molecule has 264 valence electrons. The number of pyridine rings is 1. The molecule has 1 fully saturated rings. The summed E-state index contributed by atoms with van der Waals surface area (Å²) >= 11 is 0. The van der Waals surface area contributed by atoms with E-state index in [0.29, 0.717) is 23.6 Å². The van der Waals surface area contributed by atoms with Crippen molar-refractivity contribution >= 4 is 34.8 Å². The van der Waals surface area contributed by atoms with Gasteiger partial charge in [0.15, 0.2) is 5.78 Å². The zero-order valence-corrected chi connectivity index (χ0v) is 29.5. The Morgan fingerprint density at radius 1 is 0.980 bits per heavy atom. The summed E-state index contributed by atoms with van der Waals surface area (Å²) in [5.74, 6) is 0.242. The molecule has 3 unspecified atom stereocenters. The third-order valence-electron chi connectivity index (χ3n) is 7.80. The Bertz CT molecular complexity index is 1660. The van der Waals surface area contributed by atoms with Gasteiger partial charge in [0.2, 0.25) is 5.88 Å². The molecule has 0 bridgehead atoms. The second kappa shape index (κ2) is 15.6. The Balaban J connectivity index is 1.47. The molecule has 0 saturated carbocycles. The fourth-order valence-electron chi connectivity index (χ4n) is 5.57. The van der Waals surface area contributed by atoms with Crippen LogP contribution in [0.15, 0.2) is 54.6 Å². The maximum atomic E-state index is 13.0. The number of methoxy groups -OCH3 is 1. The number of alkyl carbamates (subject to hydrolysis) is 1. The molecule has 1 aromatic heterocycles. The number of hydrogen-bond donors (Lipinski definition) is 1. The van der Waals surface area contributed by atoms with Crippen LogP contribution in [0.25, 0.3) is 22.0 Å². The standard InChI is InChI=1S/C37H47N3O9/c1-23(41)31(36(2,3)4)39-34(43)47-18-12-17-46-26-15-11-14-24(19-26)28-20-25-13-9-10-16-29(25)38-32(28)48-27-21-30(33(42)45-8)40(22-27)35(44)49-37(5,6)7/h9-11,13-16,19-20,27,30-31H,12,17-18,21-22H2,1-8H3,(H,39,43). The number of para-hydroxylation sites is 1. The van der Waals surface area contributed by atoms with Crippen LogP contribution in [0.1, 0.15) is 61.3 Å². The number of likely N-dealkylation sites (tertiary alicyclic amines) is 1. The van der Waals surface area contributed by atoms with E-state index in [2.05, 4.69) is 5.32 Å². The van der Waals surface area contributed by atoms with Crippen molar-refractivity contribution in [2.24, 2.45) is 5.41 Å². The van der Waals surface area contributed by atoms with Crippen LogP contribution in [0.2, 0.25) is 0 Å². The van der Waals surface area contributed by atoms with E-state index in [1.165, 1.54) is 18.9 Å². The smallest absolute Gasteiger partial charge is 0.411 e. The van der Waals surface area contributed by atoms with Gasteiger partial charge in [-0.05, 0) is 62.9 Å². The number of amides is 2. The second-order valence-electron chi connectivity index (χ2n) is 14.1. The Hall–Kier alpha value is -4.87. The molecule has 0 radical (unpaired) electrons. The first-order valence-electron chi connectivity index (χ1n) is 16.4. The van der Waals surface area contributed by atoms with Crippen molar-refractivity contribution < 1.29 is 42.9 Å². The molecule has 1 aliphatic heterocycles. The number of aromatic nitrogens is 1. The molecule has 3 atom stereocenters. The van der Waals surface area contributed by atoms with Crippen LogP contribution in [0.3, 0.4) is 0 Å². The molecule has 0 spiro atoms. The van der Waals surface area contributed by atoms with Crippen LogP contribution in [-0.2, 0) is 23.8 Å². The summed E-state index contributed by atoms with van der Waals surface area (Å²) in [7, 11) is 1.28. The van der Waals surface area contributed by atoms with Gasteiger partial charge in [0, 0.05) is 23.8 Å². The van der Waals surface area contributed by atoms with Crippen molar-refractivity contribution in [3.8, 4) is 22.8 Å². The Morgan fingerprint density at radius 2 is 1.71 bits per heavy atom. The maximum Gasteiger partial charge on any atom is 0.411 e. The van der Waals surface area contributed by atoms with Crippen molar-refractivity contribution in [2.45, 2.75) is 85.1 Å². The molecule has 3 aromatic rings. The van der Waals surface area contributed by atoms with Crippen molar-refractivity contribution in [3.63, 3.8) is 0 Å². The first-order valence-corrected chi connectivity index (χ1v) is 16.4. The molecule has 2 aromatic carbocycles. The summed E-state index contributed by atoms with van der Waals surface area (Å²) in [5.41, 5.74) is 1.03. The van der Waals surface area contributed by atoms with Crippen molar-refractivity contribution in [1.82, 2.24) is 15.2 Å². The van der Waals surface area contributed by atoms with Crippen LogP contribution >= 0.6 is 0 Å². The number of rotatable bonds is 11. The molecule has 2 amide bonds. The van der Waals surface area contributed by atoms with E-state index < -0.39 is 47.4 Å². The fourth-order valence-corrected chi connectivity index (χ4v) is 5.57. The van der Waals surface area contributed by atoms with Gasteiger partial charge in [-0.1, -0.05) is 51.1 Å². The van der Waals surface area contributed by atoms with Gasteiger partial charge in [-0.2, -0.15) is 0 Å². The number of benzene rings is 2. The Morgan fingerprint density at radius 3 is 2.39 bits per heavy atom. The Labute approximate surface area is 287 Å². The second-order valence-corrected chi connectivity index (χ2v) is 14.1. The summed E-state index contributed by atoms with van der Waals surface area (Å²) in [6, 6.07) is 15.6. The summed E-state index contributed by atoms with van der Waals surface area (Å²) in [6.07, 6.45) is -1.20. The van der Waals surface area contributed by atoms with Crippen molar-refractivity contribution in [1.29, 1.82) is 0 Å².